The molecule has 2 saturated heterocycles. The number of ether oxygens (including phenoxy) is 2. The number of hydrogen-bond acceptors (Lipinski definition) is 4. The zero-order chi connectivity index (χ0) is 15.1. The van der Waals surface area contributed by atoms with Crippen LogP contribution in [0, 0.1) is 6.92 Å². The van der Waals surface area contributed by atoms with E-state index in [9.17, 15) is 8.42 Å². The van der Waals surface area contributed by atoms with Gasteiger partial charge in [-0.2, -0.15) is 0 Å². The summed E-state index contributed by atoms with van der Waals surface area (Å²) in [6, 6.07) is 7.04. The Morgan fingerprint density at radius 1 is 1.19 bits per heavy atom. The Bertz CT molecular complexity index is 600. The fourth-order valence-electron chi connectivity index (χ4n) is 3.34. The Hall–Kier alpha value is -0.910. The van der Waals surface area contributed by atoms with Gasteiger partial charge in [0.25, 0.3) is 0 Å². The smallest absolute Gasteiger partial charge is 0.186 e. The van der Waals surface area contributed by atoms with E-state index in [-0.39, 0.29) is 6.10 Å². The van der Waals surface area contributed by atoms with Gasteiger partial charge in [0.05, 0.1) is 17.6 Å². The second-order valence-corrected chi connectivity index (χ2v) is 8.26. The molecule has 2 heterocycles. The molecular weight excluding hydrogens is 288 g/mol. The molecule has 1 aromatic carbocycles. The van der Waals surface area contributed by atoms with Crippen molar-refractivity contribution in [2.24, 2.45) is 0 Å². The summed E-state index contributed by atoms with van der Waals surface area (Å²) in [6.45, 7) is 4.44. The zero-order valence-electron chi connectivity index (χ0n) is 12.5. The summed E-state index contributed by atoms with van der Waals surface area (Å²) in [4.78, 5) is 0.365. The first-order valence-corrected chi connectivity index (χ1v) is 9.11. The van der Waals surface area contributed by atoms with E-state index in [2.05, 4.69) is 0 Å². The molecule has 2 aliphatic rings. The molecule has 0 amide bonds. The third-order valence-electron chi connectivity index (χ3n) is 4.43. The van der Waals surface area contributed by atoms with Crippen molar-refractivity contribution < 1.29 is 17.9 Å². The zero-order valence-corrected chi connectivity index (χ0v) is 13.4. The van der Waals surface area contributed by atoms with E-state index in [1.165, 1.54) is 0 Å². The van der Waals surface area contributed by atoms with Crippen LogP contribution in [0.1, 0.15) is 38.2 Å². The Morgan fingerprint density at radius 3 is 2.52 bits per heavy atom. The lowest BCUT2D eigenvalue weighted by atomic mass is 10.0. The molecule has 1 spiro atoms. The van der Waals surface area contributed by atoms with E-state index in [1.54, 1.807) is 12.1 Å². The molecule has 3 rings (SSSR count). The van der Waals surface area contributed by atoms with Crippen LogP contribution in [0.3, 0.4) is 0 Å². The van der Waals surface area contributed by atoms with E-state index >= 15 is 0 Å². The molecule has 0 bridgehead atoms. The van der Waals surface area contributed by atoms with Gasteiger partial charge in [-0.15, -0.1) is 0 Å². The maximum atomic E-state index is 13.0. The molecule has 0 aromatic heterocycles. The molecule has 0 unspecified atom stereocenters. The van der Waals surface area contributed by atoms with E-state index in [0.29, 0.717) is 24.3 Å². The monoisotopic (exact) mass is 310 g/mol. The summed E-state index contributed by atoms with van der Waals surface area (Å²) >= 11 is 0. The number of sulfone groups is 1. The largest absolute Gasteiger partial charge is 0.349 e. The lowest BCUT2D eigenvalue weighted by Crippen LogP contribution is -2.48. The standard InChI is InChI=1S/C16H22O4S/c1-12-5-7-14(8-6-12)21(17,18)15-11-13(2)20-16(15)9-3-4-10-19-16/h5-8,13,15H,3-4,9-11H2,1-2H3/t13-,15-,16-/m0/s1. The van der Waals surface area contributed by atoms with Crippen LogP contribution in [0.2, 0.25) is 0 Å². The summed E-state index contributed by atoms with van der Waals surface area (Å²) in [5, 5.41) is -0.608. The molecule has 0 radical (unpaired) electrons. The maximum absolute atomic E-state index is 13.0. The van der Waals surface area contributed by atoms with E-state index in [4.69, 9.17) is 9.47 Å². The Balaban J connectivity index is 1.98. The van der Waals surface area contributed by atoms with Gasteiger partial charge in [-0.05, 0) is 45.2 Å². The fourth-order valence-corrected chi connectivity index (χ4v) is 5.42. The summed E-state index contributed by atoms with van der Waals surface area (Å²) in [7, 11) is -3.45. The van der Waals surface area contributed by atoms with Crippen LogP contribution in [-0.4, -0.2) is 32.2 Å². The third kappa shape index (κ3) is 2.62. The van der Waals surface area contributed by atoms with Crippen molar-refractivity contribution in [1.29, 1.82) is 0 Å². The second-order valence-electron chi connectivity index (χ2n) is 6.13. The number of aryl methyl sites for hydroxylation is 1. The molecule has 1 aromatic rings. The molecule has 2 aliphatic heterocycles. The highest BCUT2D eigenvalue weighted by atomic mass is 32.2. The average Bonchev–Trinajstić information content (AvgIpc) is 2.77. The summed E-state index contributed by atoms with van der Waals surface area (Å²) in [5.41, 5.74) is 1.05. The average molecular weight is 310 g/mol. The summed E-state index contributed by atoms with van der Waals surface area (Å²) in [6.07, 6.45) is 2.99. The van der Waals surface area contributed by atoms with Crippen LogP contribution in [0.25, 0.3) is 0 Å². The van der Waals surface area contributed by atoms with Gasteiger partial charge in [0.1, 0.15) is 5.25 Å². The first-order chi connectivity index (χ1) is 9.94. The molecule has 3 atom stereocenters. The van der Waals surface area contributed by atoms with Crippen LogP contribution in [0.15, 0.2) is 29.2 Å². The first kappa shape index (κ1) is 15.0. The van der Waals surface area contributed by atoms with Crippen LogP contribution in [0.5, 0.6) is 0 Å². The number of hydrogen-bond donors (Lipinski definition) is 0. The normalized spacial score (nSPS) is 33.4. The van der Waals surface area contributed by atoms with Gasteiger partial charge in [-0.1, -0.05) is 17.7 Å². The van der Waals surface area contributed by atoms with Crippen molar-refractivity contribution in [1.82, 2.24) is 0 Å². The molecule has 4 nitrogen and oxygen atoms in total. The minimum atomic E-state index is -3.45. The van der Waals surface area contributed by atoms with Gasteiger partial charge in [0.2, 0.25) is 0 Å². The summed E-state index contributed by atoms with van der Waals surface area (Å²) < 4.78 is 37.8. The molecule has 116 valence electrons. The highest BCUT2D eigenvalue weighted by molar-refractivity contribution is 7.92. The number of benzene rings is 1. The van der Waals surface area contributed by atoms with Crippen LogP contribution >= 0.6 is 0 Å². The van der Waals surface area contributed by atoms with Crippen molar-refractivity contribution in [2.75, 3.05) is 6.61 Å². The van der Waals surface area contributed by atoms with Crippen LogP contribution in [-0.2, 0) is 19.3 Å². The van der Waals surface area contributed by atoms with E-state index < -0.39 is 20.9 Å². The molecule has 5 heteroatoms. The quantitative estimate of drug-likeness (QED) is 0.843. The number of rotatable bonds is 2. The highest BCUT2D eigenvalue weighted by Crippen LogP contribution is 2.44. The fraction of sp³-hybridized carbons (Fsp3) is 0.625. The predicted molar refractivity (Wildman–Crippen MR) is 79.9 cm³/mol. The van der Waals surface area contributed by atoms with Gasteiger partial charge in [-0.25, -0.2) is 8.42 Å². The lowest BCUT2D eigenvalue weighted by Gasteiger charge is -2.37. The lowest BCUT2D eigenvalue weighted by molar-refractivity contribution is -0.240. The minimum absolute atomic E-state index is 0.0895. The van der Waals surface area contributed by atoms with Crippen LogP contribution < -0.4 is 0 Å². The molecule has 21 heavy (non-hydrogen) atoms. The van der Waals surface area contributed by atoms with Gasteiger partial charge in [-0.3, -0.25) is 0 Å². The second kappa shape index (κ2) is 5.38. The topological polar surface area (TPSA) is 52.6 Å². The maximum Gasteiger partial charge on any atom is 0.186 e. The van der Waals surface area contributed by atoms with E-state index in [1.807, 2.05) is 26.0 Å². The Morgan fingerprint density at radius 2 is 1.90 bits per heavy atom. The van der Waals surface area contributed by atoms with Crippen LogP contribution in [0.4, 0.5) is 0 Å². The van der Waals surface area contributed by atoms with Crippen molar-refractivity contribution in [2.45, 2.75) is 61.6 Å². The molecule has 0 saturated carbocycles. The Labute approximate surface area is 126 Å². The molecule has 2 fully saturated rings. The van der Waals surface area contributed by atoms with Crippen molar-refractivity contribution in [3.63, 3.8) is 0 Å². The Kier molecular flexibility index (Phi) is 3.84. The summed E-state index contributed by atoms with van der Waals surface area (Å²) in [5.74, 6) is -0.943. The third-order valence-corrected chi connectivity index (χ3v) is 6.66. The predicted octanol–water partition coefficient (Wildman–Crippen LogP) is 2.84. The van der Waals surface area contributed by atoms with Gasteiger partial charge in [0.15, 0.2) is 15.6 Å². The van der Waals surface area contributed by atoms with Crippen molar-refractivity contribution in [3.05, 3.63) is 29.8 Å². The first-order valence-electron chi connectivity index (χ1n) is 7.56. The van der Waals surface area contributed by atoms with Gasteiger partial charge >= 0.3 is 0 Å². The molecule has 0 aliphatic carbocycles. The molecular formula is C16H22O4S. The van der Waals surface area contributed by atoms with Gasteiger partial charge in [0, 0.05) is 6.42 Å². The SMILES string of the molecule is Cc1ccc(S(=O)(=O)[C@H]2C[C@H](C)O[C@@]23CCCCO3)cc1. The minimum Gasteiger partial charge on any atom is -0.349 e. The highest BCUT2D eigenvalue weighted by Gasteiger charge is 2.55. The molecule has 0 N–H and O–H groups in total. The van der Waals surface area contributed by atoms with Gasteiger partial charge < -0.3 is 9.47 Å². The van der Waals surface area contributed by atoms with Crippen molar-refractivity contribution >= 4 is 9.84 Å². The van der Waals surface area contributed by atoms with E-state index in [0.717, 1.165) is 18.4 Å². The van der Waals surface area contributed by atoms with Crippen molar-refractivity contribution in [3.8, 4) is 0 Å².